The highest BCUT2D eigenvalue weighted by Crippen LogP contribution is 2.40. The molecular weight excluding hydrogens is 454 g/mol. The first-order valence-electron chi connectivity index (χ1n) is 12.1. The molecular formula is C28H29N5O3. The molecule has 1 fully saturated rings. The Kier molecular flexibility index (Phi) is 6.18. The first-order valence-corrected chi connectivity index (χ1v) is 12.1. The van der Waals surface area contributed by atoms with Crippen LogP contribution in [0.5, 0.6) is 0 Å². The predicted molar refractivity (Wildman–Crippen MR) is 136 cm³/mol. The van der Waals surface area contributed by atoms with Gasteiger partial charge < -0.3 is 14.6 Å². The van der Waals surface area contributed by atoms with Crippen molar-refractivity contribution in [2.45, 2.75) is 45.7 Å². The zero-order chi connectivity index (χ0) is 25.4. The number of aliphatic hydroxyl groups excluding tert-OH is 1. The molecule has 8 nitrogen and oxygen atoms in total. The summed E-state index contributed by atoms with van der Waals surface area (Å²) in [4.78, 5) is 36.8. The van der Waals surface area contributed by atoms with Crippen molar-refractivity contribution in [3.8, 4) is 0 Å². The smallest absolute Gasteiger partial charge is 0.295 e. The third-order valence-electron chi connectivity index (χ3n) is 6.76. The predicted octanol–water partition coefficient (Wildman–Crippen LogP) is 4.47. The molecule has 1 aromatic carbocycles. The number of carbonyl (C=O) groups is 2. The first-order chi connectivity index (χ1) is 17.4. The molecule has 0 aliphatic carbocycles. The third-order valence-corrected chi connectivity index (χ3v) is 6.76. The van der Waals surface area contributed by atoms with Crippen LogP contribution in [0.4, 0.5) is 0 Å². The molecule has 8 heteroatoms. The van der Waals surface area contributed by atoms with Gasteiger partial charge >= 0.3 is 0 Å². The highest BCUT2D eigenvalue weighted by molar-refractivity contribution is 6.46. The van der Waals surface area contributed by atoms with Gasteiger partial charge in [0.2, 0.25) is 0 Å². The number of carbonyl (C=O) groups excluding carboxylic acids is 2. The van der Waals surface area contributed by atoms with Crippen molar-refractivity contribution in [1.29, 1.82) is 0 Å². The average molecular weight is 484 g/mol. The number of aliphatic hydroxyl groups is 1. The van der Waals surface area contributed by atoms with Crippen LogP contribution in [0.15, 0.2) is 73.0 Å². The summed E-state index contributed by atoms with van der Waals surface area (Å²) in [5, 5.41) is 11.6. The standard InChI is InChI=1S/C28H29N5O3/c1-18(2)20-8-10-21(11-9-20)25-23(26(34)24-19(3)30-22-7-4-5-14-32(22)24)27(35)28(36)33(25)15-6-13-31-16-12-29-17-31/h4-5,7-12,14,16-18,25,34H,6,13,15H2,1-3H3/b26-23+/t25-/m0/s1. The Balaban J connectivity index is 1.60. The normalized spacial score (nSPS) is 17.6. The maximum absolute atomic E-state index is 13.4. The van der Waals surface area contributed by atoms with Crippen molar-refractivity contribution in [2.75, 3.05) is 6.54 Å². The minimum atomic E-state index is -0.692. The third kappa shape index (κ3) is 4.08. The summed E-state index contributed by atoms with van der Waals surface area (Å²) in [5.74, 6) is -1.15. The minimum Gasteiger partial charge on any atom is -0.505 e. The summed E-state index contributed by atoms with van der Waals surface area (Å²) in [7, 11) is 0. The fourth-order valence-electron chi connectivity index (χ4n) is 4.89. The number of hydrogen-bond donors (Lipinski definition) is 1. The number of likely N-dealkylation sites (tertiary alicyclic amines) is 1. The second-order valence-electron chi connectivity index (χ2n) is 9.44. The molecule has 0 saturated carbocycles. The molecule has 4 aromatic rings. The Morgan fingerprint density at radius 1 is 1.06 bits per heavy atom. The summed E-state index contributed by atoms with van der Waals surface area (Å²) in [6.07, 6.45) is 7.73. The maximum atomic E-state index is 13.4. The van der Waals surface area contributed by atoms with Crippen LogP contribution in [-0.2, 0) is 16.1 Å². The summed E-state index contributed by atoms with van der Waals surface area (Å²) in [6, 6.07) is 12.8. The molecule has 0 unspecified atom stereocenters. The summed E-state index contributed by atoms with van der Waals surface area (Å²) in [5.41, 5.74) is 3.70. The molecule has 5 rings (SSSR count). The molecule has 3 aromatic heterocycles. The SMILES string of the molecule is Cc1nc2ccccn2c1/C(O)=C1\C(=O)C(=O)N(CCCn2ccnc2)[C@H]1c1ccc(C(C)C)cc1. The number of pyridine rings is 1. The second-order valence-corrected chi connectivity index (χ2v) is 9.44. The maximum Gasteiger partial charge on any atom is 0.295 e. The van der Waals surface area contributed by atoms with Crippen molar-refractivity contribution in [3.05, 3.63) is 95.5 Å². The van der Waals surface area contributed by atoms with E-state index in [0.717, 1.165) is 11.1 Å². The van der Waals surface area contributed by atoms with E-state index in [4.69, 9.17) is 0 Å². The molecule has 0 spiro atoms. The number of Topliss-reactive ketones (excluding diaryl/α,β-unsaturated/α-hetero) is 1. The monoisotopic (exact) mass is 483 g/mol. The van der Waals surface area contributed by atoms with E-state index in [1.54, 1.807) is 34.9 Å². The van der Waals surface area contributed by atoms with Gasteiger partial charge in [-0.25, -0.2) is 9.97 Å². The summed E-state index contributed by atoms with van der Waals surface area (Å²) < 4.78 is 3.68. The average Bonchev–Trinajstić information content (AvgIpc) is 3.56. The van der Waals surface area contributed by atoms with Gasteiger partial charge in [0.15, 0.2) is 5.76 Å². The van der Waals surface area contributed by atoms with Gasteiger partial charge in [-0.3, -0.25) is 14.0 Å². The van der Waals surface area contributed by atoms with Crippen LogP contribution in [0.1, 0.15) is 54.7 Å². The molecule has 184 valence electrons. The Hall–Kier alpha value is -4.20. The number of hydrogen-bond acceptors (Lipinski definition) is 5. The van der Waals surface area contributed by atoms with E-state index in [0.29, 0.717) is 42.5 Å². The molecule has 0 bridgehead atoms. The molecule has 1 amide bonds. The fourth-order valence-corrected chi connectivity index (χ4v) is 4.89. The largest absolute Gasteiger partial charge is 0.505 e. The topological polar surface area (TPSA) is 92.7 Å². The van der Waals surface area contributed by atoms with E-state index in [2.05, 4.69) is 23.8 Å². The number of benzene rings is 1. The summed E-state index contributed by atoms with van der Waals surface area (Å²) >= 11 is 0. The molecule has 1 aliphatic heterocycles. The van der Waals surface area contributed by atoms with Crippen LogP contribution in [0, 0.1) is 6.92 Å². The van der Waals surface area contributed by atoms with Crippen LogP contribution in [-0.4, -0.2) is 47.2 Å². The van der Waals surface area contributed by atoms with Crippen molar-refractivity contribution in [3.63, 3.8) is 0 Å². The van der Waals surface area contributed by atoms with Gasteiger partial charge in [-0.05, 0) is 42.5 Å². The van der Waals surface area contributed by atoms with E-state index < -0.39 is 17.7 Å². The van der Waals surface area contributed by atoms with Gasteiger partial charge in [0.25, 0.3) is 11.7 Å². The Morgan fingerprint density at radius 3 is 2.53 bits per heavy atom. The van der Waals surface area contributed by atoms with E-state index in [1.165, 1.54) is 0 Å². The lowest BCUT2D eigenvalue weighted by Gasteiger charge is -2.25. The summed E-state index contributed by atoms with van der Waals surface area (Å²) in [6.45, 7) is 7.04. The molecule has 1 N–H and O–H groups in total. The van der Waals surface area contributed by atoms with Crippen molar-refractivity contribution in [2.24, 2.45) is 0 Å². The van der Waals surface area contributed by atoms with E-state index in [9.17, 15) is 14.7 Å². The molecule has 1 saturated heterocycles. The molecule has 0 radical (unpaired) electrons. The van der Waals surface area contributed by atoms with Crippen molar-refractivity contribution < 1.29 is 14.7 Å². The zero-order valence-corrected chi connectivity index (χ0v) is 20.6. The Morgan fingerprint density at radius 2 is 1.83 bits per heavy atom. The van der Waals surface area contributed by atoms with E-state index in [1.807, 2.05) is 53.2 Å². The molecule has 4 heterocycles. The van der Waals surface area contributed by atoms with Crippen molar-refractivity contribution >= 4 is 23.1 Å². The van der Waals surface area contributed by atoms with E-state index in [-0.39, 0.29) is 11.3 Å². The van der Waals surface area contributed by atoms with Crippen LogP contribution < -0.4 is 0 Å². The van der Waals surface area contributed by atoms with Gasteiger partial charge in [0.1, 0.15) is 11.3 Å². The van der Waals surface area contributed by atoms with Gasteiger partial charge in [-0.15, -0.1) is 0 Å². The lowest BCUT2D eigenvalue weighted by Crippen LogP contribution is -2.31. The lowest BCUT2D eigenvalue weighted by molar-refractivity contribution is -0.139. The number of aromatic nitrogens is 4. The molecule has 36 heavy (non-hydrogen) atoms. The second kappa shape index (κ2) is 9.45. The van der Waals surface area contributed by atoms with Gasteiger partial charge in [0, 0.05) is 31.7 Å². The number of imidazole rings is 2. The van der Waals surface area contributed by atoms with Crippen LogP contribution in [0.3, 0.4) is 0 Å². The lowest BCUT2D eigenvalue weighted by atomic mass is 9.93. The van der Waals surface area contributed by atoms with E-state index >= 15 is 0 Å². The van der Waals surface area contributed by atoms with Crippen LogP contribution >= 0.6 is 0 Å². The van der Waals surface area contributed by atoms with Gasteiger partial charge in [-0.2, -0.15) is 0 Å². The molecule has 1 aliphatic rings. The quantitative estimate of drug-likeness (QED) is 0.238. The number of aryl methyl sites for hydroxylation is 2. The Labute approximate surface area is 209 Å². The number of fused-ring (bicyclic) bond motifs is 1. The Bertz CT molecular complexity index is 1450. The highest BCUT2D eigenvalue weighted by Gasteiger charge is 2.46. The highest BCUT2D eigenvalue weighted by atomic mass is 16.3. The minimum absolute atomic E-state index is 0.0914. The number of ketones is 1. The molecule has 1 atom stereocenters. The first kappa shape index (κ1) is 23.5. The van der Waals surface area contributed by atoms with Gasteiger partial charge in [0.05, 0.1) is 23.6 Å². The van der Waals surface area contributed by atoms with Crippen LogP contribution in [0.2, 0.25) is 0 Å². The number of amides is 1. The zero-order valence-electron chi connectivity index (χ0n) is 20.6. The van der Waals surface area contributed by atoms with Crippen molar-refractivity contribution in [1.82, 2.24) is 23.8 Å². The number of rotatable bonds is 7. The van der Waals surface area contributed by atoms with Crippen LogP contribution in [0.25, 0.3) is 11.4 Å². The van der Waals surface area contributed by atoms with Gasteiger partial charge in [-0.1, -0.05) is 44.2 Å². The number of nitrogens with zero attached hydrogens (tertiary/aromatic N) is 5. The fraction of sp³-hybridized carbons (Fsp3) is 0.286.